The fourth-order valence-electron chi connectivity index (χ4n) is 2.04. The number of aliphatic imine (C=N–C) groups is 1. The molecule has 1 fully saturated rings. The summed E-state index contributed by atoms with van der Waals surface area (Å²) in [7, 11) is 0. The Morgan fingerprint density at radius 3 is 2.83 bits per heavy atom. The third kappa shape index (κ3) is 3.70. The molecule has 0 unspecified atom stereocenters. The van der Waals surface area contributed by atoms with E-state index in [1.807, 2.05) is 17.5 Å². The van der Waals surface area contributed by atoms with Crippen LogP contribution in [0.15, 0.2) is 11.1 Å². The quantitative estimate of drug-likeness (QED) is 0.599. The average molecular weight is 415 g/mol. The van der Waals surface area contributed by atoms with Gasteiger partial charge in [0.2, 0.25) is 0 Å². The average Bonchev–Trinajstić information content (AvgIpc) is 2.39. The molecule has 18 heavy (non-hydrogen) atoms. The zero-order chi connectivity index (χ0) is 12.8. The SMILES string of the molecule is Cc1nc(NC=N[CH]=[W])cc(N2CCCCC2)n1. The summed E-state index contributed by atoms with van der Waals surface area (Å²) < 4.78 is 1.81. The van der Waals surface area contributed by atoms with Crippen LogP contribution < -0.4 is 10.2 Å². The molecule has 0 radical (unpaired) electrons. The Hall–Kier alpha value is -1.09. The van der Waals surface area contributed by atoms with Crippen LogP contribution in [0.1, 0.15) is 25.1 Å². The minimum absolute atomic E-state index is 0.792. The van der Waals surface area contributed by atoms with Gasteiger partial charge < -0.3 is 0 Å². The Balaban J connectivity index is 2.14. The number of nitrogens with one attached hydrogen (secondary N) is 1. The summed E-state index contributed by atoms with van der Waals surface area (Å²) in [5.74, 6) is 2.62. The number of aryl methyl sites for hydroxylation is 1. The van der Waals surface area contributed by atoms with E-state index in [4.69, 9.17) is 0 Å². The second kappa shape index (κ2) is 6.74. The van der Waals surface area contributed by atoms with Gasteiger partial charge >= 0.3 is 118 Å². The number of hydrogen-bond acceptors (Lipinski definition) is 4. The van der Waals surface area contributed by atoms with Gasteiger partial charge in [-0.2, -0.15) is 0 Å². The molecule has 1 saturated heterocycles. The molecule has 96 valence electrons. The van der Waals surface area contributed by atoms with Crippen molar-refractivity contribution in [1.29, 1.82) is 0 Å². The Kier molecular flexibility index (Phi) is 4.99. The van der Waals surface area contributed by atoms with Crippen molar-refractivity contribution in [3.63, 3.8) is 0 Å². The molecule has 0 atom stereocenters. The molecule has 5 nitrogen and oxygen atoms in total. The molecule has 0 aliphatic carbocycles. The molecule has 2 heterocycles. The van der Waals surface area contributed by atoms with E-state index in [-0.39, 0.29) is 0 Å². The van der Waals surface area contributed by atoms with Crippen molar-refractivity contribution in [3.05, 3.63) is 11.9 Å². The molecule has 1 aromatic heterocycles. The van der Waals surface area contributed by atoms with Gasteiger partial charge in [0.1, 0.15) is 0 Å². The summed E-state index contributed by atoms with van der Waals surface area (Å²) in [4.78, 5) is 15.2. The van der Waals surface area contributed by atoms with Crippen molar-refractivity contribution >= 4 is 22.5 Å². The van der Waals surface area contributed by atoms with Gasteiger partial charge in [-0.25, -0.2) is 0 Å². The Bertz CT molecular complexity index is 440. The molecule has 1 aliphatic heterocycles. The first-order valence-corrected chi connectivity index (χ1v) is 7.81. The molecular weight excluding hydrogens is 398 g/mol. The van der Waals surface area contributed by atoms with E-state index in [0.717, 1.165) is 30.5 Å². The van der Waals surface area contributed by atoms with Crippen LogP contribution >= 0.6 is 0 Å². The third-order valence-corrected chi connectivity index (χ3v) is 3.29. The summed E-state index contributed by atoms with van der Waals surface area (Å²) in [5.41, 5.74) is 0. The van der Waals surface area contributed by atoms with E-state index >= 15 is 0 Å². The van der Waals surface area contributed by atoms with Crippen LogP contribution in [-0.4, -0.2) is 33.9 Å². The standard InChI is InChI=1S/C12H17N5.W/c1-10-15-11(14-9-13-2)8-12(16-10)17-6-4-3-5-7-17;/h2,8-9H,3-7H2,1H3,(H,14,15,16);. The monoisotopic (exact) mass is 415 g/mol. The van der Waals surface area contributed by atoms with Crippen LogP contribution in [0, 0.1) is 6.92 Å². The van der Waals surface area contributed by atoms with Crippen LogP contribution in [-0.2, 0) is 19.4 Å². The number of nitrogens with zero attached hydrogens (tertiary/aromatic N) is 4. The van der Waals surface area contributed by atoms with E-state index in [1.165, 1.54) is 38.6 Å². The molecule has 0 amide bonds. The molecule has 2 rings (SSSR count). The molecule has 0 spiro atoms. The first-order valence-electron chi connectivity index (χ1n) is 6.12. The number of piperidine rings is 1. The fraction of sp³-hybridized carbons (Fsp3) is 0.500. The van der Waals surface area contributed by atoms with Crippen LogP contribution in [0.3, 0.4) is 0 Å². The molecule has 6 heteroatoms. The normalized spacial score (nSPS) is 15.9. The summed E-state index contributed by atoms with van der Waals surface area (Å²) in [5, 5.41) is 3.08. The molecule has 1 aliphatic rings. The molecule has 1 N–H and O–H groups in total. The summed E-state index contributed by atoms with van der Waals surface area (Å²) >= 11 is 1.33. The van der Waals surface area contributed by atoms with Gasteiger partial charge in [-0.15, -0.1) is 0 Å². The number of aromatic nitrogens is 2. The predicted molar refractivity (Wildman–Crippen MR) is 71.0 cm³/mol. The maximum absolute atomic E-state index is 4.51. The van der Waals surface area contributed by atoms with E-state index < -0.39 is 0 Å². The van der Waals surface area contributed by atoms with Gasteiger partial charge in [0.15, 0.2) is 0 Å². The second-order valence-corrected chi connectivity index (χ2v) is 4.99. The number of rotatable bonds is 4. The van der Waals surface area contributed by atoms with Crippen molar-refractivity contribution in [2.45, 2.75) is 26.2 Å². The Labute approximate surface area is 118 Å². The van der Waals surface area contributed by atoms with Crippen LogP contribution in [0.2, 0.25) is 0 Å². The van der Waals surface area contributed by atoms with Crippen molar-refractivity contribution in [3.8, 4) is 0 Å². The first kappa shape index (κ1) is 13.3. The van der Waals surface area contributed by atoms with E-state index in [0.29, 0.717) is 0 Å². The summed E-state index contributed by atoms with van der Waals surface area (Å²) in [6.45, 7) is 4.11. The van der Waals surface area contributed by atoms with Gasteiger partial charge in [0.25, 0.3) is 0 Å². The summed E-state index contributed by atoms with van der Waals surface area (Å²) in [6, 6.07) is 1.99. The summed E-state index contributed by atoms with van der Waals surface area (Å²) in [6.07, 6.45) is 5.49. The van der Waals surface area contributed by atoms with Gasteiger partial charge in [-0.1, -0.05) is 0 Å². The predicted octanol–water partition coefficient (Wildman–Crippen LogP) is 1.52. The number of anilines is 2. The molecule has 0 aromatic carbocycles. The van der Waals surface area contributed by atoms with Crippen LogP contribution in [0.5, 0.6) is 0 Å². The third-order valence-electron chi connectivity index (χ3n) is 2.85. The zero-order valence-corrected chi connectivity index (χ0v) is 13.4. The van der Waals surface area contributed by atoms with Gasteiger partial charge in [0.05, 0.1) is 0 Å². The molecule has 0 bridgehead atoms. The van der Waals surface area contributed by atoms with Crippen molar-refractivity contribution in [2.24, 2.45) is 4.99 Å². The van der Waals surface area contributed by atoms with Crippen LogP contribution in [0.25, 0.3) is 0 Å². The topological polar surface area (TPSA) is 53.4 Å². The van der Waals surface area contributed by atoms with Crippen LogP contribution in [0.4, 0.5) is 11.6 Å². The fourth-order valence-corrected chi connectivity index (χ4v) is 2.26. The maximum atomic E-state index is 4.51. The molecular formula is C12H17N5W. The first-order chi connectivity index (χ1) is 8.79. The van der Waals surface area contributed by atoms with E-state index in [2.05, 4.69) is 25.2 Å². The van der Waals surface area contributed by atoms with Gasteiger partial charge in [-0.3, -0.25) is 0 Å². The van der Waals surface area contributed by atoms with Crippen molar-refractivity contribution < 1.29 is 19.4 Å². The van der Waals surface area contributed by atoms with Crippen molar-refractivity contribution in [1.82, 2.24) is 9.97 Å². The molecule has 0 saturated carbocycles. The Morgan fingerprint density at radius 1 is 1.33 bits per heavy atom. The Morgan fingerprint density at radius 2 is 2.11 bits per heavy atom. The second-order valence-electron chi connectivity index (χ2n) is 4.23. The van der Waals surface area contributed by atoms with Crippen molar-refractivity contribution in [2.75, 3.05) is 23.3 Å². The number of hydrogen-bond donors (Lipinski definition) is 1. The zero-order valence-electron chi connectivity index (χ0n) is 10.5. The molecule has 1 aromatic rings. The minimum atomic E-state index is 0.792. The van der Waals surface area contributed by atoms with E-state index in [1.54, 1.807) is 6.34 Å². The van der Waals surface area contributed by atoms with Gasteiger partial charge in [0, 0.05) is 0 Å². The van der Waals surface area contributed by atoms with E-state index in [9.17, 15) is 0 Å². The van der Waals surface area contributed by atoms with Gasteiger partial charge in [-0.05, 0) is 0 Å².